The molecule has 0 aliphatic heterocycles. The summed E-state index contributed by atoms with van der Waals surface area (Å²) in [7, 11) is 0. The Bertz CT molecular complexity index is 13.7. The predicted octanol–water partition coefficient (Wildman–Crippen LogP) is -1.48. The molecule has 0 aromatic carbocycles. The van der Waals surface area contributed by atoms with Crippen molar-refractivity contribution in [3.05, 3.63) is 0 Å². The minimum absolute atomic E-state index is 0. The monoisotopic (exact) mass is 254 g/mol. The average Bonchev–Trinajstić information content (AvgIpc) is 0. The predicted molar refractivity (Wildman–Crippen MR) is 15.6 cm³/mol. The van der Waals surface area contributed by atoms with E-state index in [0.717, 1.165) is 0 Å². The maximum absolute atomic E-state index is 0. The Morgan fingerprint density at radius 3 is 0.300 bits per heavy atom. The van der Waals surface area contributed by atoms with E-state index in [9.17, 15) is 0 Å². The van der Waals surface area contributed by atoms with Gasteiger partial charge in [-0.3, -0.25) is 0 Å². The third-order valence-corrected chi connectivity index (χ3v) is 0. The van der Waals surface area contributed by atoms with Crippen molar-refractivity contribution in [2.45, 2.75) is 0 Å². The molecule has 0 unspecified atom stereocenters. The standard InChI is InChI=1S/2Al.2Cr.6O/q4*+3;6*-2. The van der Waals surface area contributed by atoms with E-state index in [-0.39, 0.29) is 102 Å². The maximum atomic E-state index is 0. The molecule has 0 aromatic heterocycles. The van der Waals surface area contributed by atoms with Crippen molar-refractivity contribution in [2.75, 3.05) is 0 Å². The molecule has 10 heteroatoms. The maximum Gasteiger partial charge on any atom is 3.00 e. The molecule has 0 heterocycles. The van der Waals surface area contributed by atoms with Crippen molar-refractivity contribution in [1.29, 1.82) is 0 Å². The molecule has 0 fully saturated rings. The van der Waals surface area contributed by atoms with Crippen LogP contribution in [0.3, 0.4) is 0 Å². The number of hydrogen-bond donors (Lipinski definition) is 0. The first-order chi connectivity index (χ1) is 0. The molecule has 0 aliphatic carbocycles. The summed E-state index contributed by atoms with van der Waals surface area (Å²) in [6.45, 7) is 0. The van der Waals surface area contributed by atoms with Gasteiger partial charge in [-0.1, -0.05) is 0 Å². The summed E-state index contributed by atoms with van der Waals surface area (Å²) in [6.07, 6.45) is 0. The Hall–Kier alpha value is 1.89. The molecule has 6 nitrogen and oxygen atoms in total. The summed E-state index contributed by atoms with van der Waals surface area (Å²) in [5.41, 5.74) is 0. The zero-order valence-electron chi connectivity index (χ0n) is 4.42. The molecule has 2 radical (unpaired) electrons. The molecule has 0 bridgehead atoms. The van der Waals surface area contributed by atoms with Crippen LogP contribution < -0.4 is 0 Å². The minimum Gasteiger partial charge on any atom is -2.00 e. The molecule has 0 saturated carbocycles. The van der Waals surface area contributed by atoms with Gasteiger partial charge in [0.1, 0.15) is 0 Å². The summed E-state index contributed by atoms with van der Waals surface area (Å²) < 4.78 is 0. The Labute approximate surface area is 102 Å². The summed E-state index contributed by atoms with van der Waals surface area (Å²) in [5.74, 6) is 0. The zero-order chi connectivity index (χ0) is 0. The molecule has 0 aromatic rings. The molecule has 0 N–H and O–H groups in total. The van der Waals surface area contributed by atoms with Gasteiger partial charge < -0.3 is 32.9 Å². The Kier molecular flexibility index (Phi) is 11800. The van der Waals surface area contributed by atoms with Gasteiger partial charge in [0.2, 0.25) is 0 Å². The second-order valence-electron chi connectivity index (χ2n) is 0. The van der Waals surface area contributed by atoms with Crippen LogP contribution in [0.4, 0.5) is 0 Å². The van der Waals surface area contributed by atoms with E-state index < -0.39 is 0 Å². The van der Waals surface area contributed by atoms with Crippen molar-refractivity contribution in [3.63, 3.8) is 0 Å². The molecule has 54 valence electrons. The van der Waals surface area contributed by atoms with Gasteiger partial charge in [-0.2, -0.15) is 0 Å². The topological polar surface area (TPSA) is 171 Å². The summed E-state index contributed by atoms with van der Waals surface area (Å²) in [6, 6.07) is 0. The summed E-state index contributed by atoms with van der Waals surface area (Å²) in [5, 5.41) is 0. The van der Waals surface area contributed by atoms with Crippen LogP contribution in [-0.4, -0.2) is 34.7 Å². The Balaban J connectivity index is 0. The molecule has 0 amide bonds. The van der Waals surface area contributed by atoms with Crippen LogP contribution in [0.15, 0.2) is 0 Å². The van der Waals surface area contributed by atoms with Crippen LogP contribution >= 0.6 is 0 Å². The van der Waals surface area contributed by atoms with Crippen LogP contribution in [0.25, 0.3) is 0 Å². The van der Waals surface area contributed by atoms with Crippen molar-refractivity contribution >= 4 is 34.7 Å². The van der Waals surface area contributed by atoms with Gasteiger partial charge in [-0.25, -0.2) is 0 Å². The third-order valence-electron chi connectivity index (χ3n) is 0. The van der Waals surface area contributed by atoms with Gasteiger partial charge in [0.25, 0.3) is 0 Å². The van der Waals surface area contributed by atoms with Gasteiger partial charge in [0.15, 0.2) is 0 Å². The van der Waals surface area contributed by atoms with Gasteiger partial charge in [-0.05, 0) is 0 Å². The molecular weight excluding hydrogens is 254 g/mol. The van der Waals surface area contributed by atoms with Crippen LogP contribution in [0, 0.1) is 0 Å². The smallest absolute Gasteiger partial charge is 2.00 e. The van der Waals surface area contributed by atoms with E-state index in [1.54, 1.807) is 0 Å². The largest absolute Gasteiger partial charge is 3.00 e. The van der Waals surface area contributed by atoms with Gasteiger partial charge in [0, 0.05) is 0 Å². The molecular formula is Al2Cr2O6. The second-order valence-corrected chi connectivity index (χ2v) is 0. The third kappa shape index (κ3) is 219. The fourth-order valence-electron chi connectivity index (χ4n) is 0. The zero-order valence-corrected chi connectivity index (χ0v) is 9.28. The molecule has 0 saturated heterocycles. The number of rotatable bonds is 0. The molecule has 10 heavy (non-hydrogen) atoms. The van der Waals surface area contributed by atoms with Gasteiger partial charge in [-0.15, -0.1) is 0 Å². The van der Waals surface area contributed by atoms with Gasteiger partial charge in [0.05, 0.1) is 0 Å². The molecule has 0 spiro atoms. The quantitative estimate of drug-likeness (QED) is 0.459. The fourth-order valence-corrected chi connectivity index (χ4v) is 0. The average molecular weight is 254 g/mol. The van der Waals surface area contributed by atoms with Crippen molar-refractivity contribution in [2.24, 2.45) is 0 Å². The SMILES string of the molecule is [Al+3].[Al+3].[Cr+3].[Cr+3].[O-2].[O-2].[O-2].[O-2].[O-2].[O-2]. The first-order valence-corrected chi connectivity index (χ1v) is 0. The van der Waals surface area contributed by atoms with Crippen LogP contribution in [0.1, 0.15) is 0 Å². The van der Waals surface area contributed by atoms with Crippen molar-refractivity contribution in [1.82, 2.24) is 0 Å². The number of hydrogen-bond acceptors (Lipinski definition) is 0. The van der Waals surface area contributed by atoms with Crippen molar-refractivity contribution < 1.29 is 67.6 Å². The minimum atomic E-state index is 0. The van der Waals surface area contributed by atoms with Gasteiger partial charge >= 0.3 is 69.4 Å². The normalized spacial score (nSPS) is 0. The van der Waals surface area contributed by atoms with Crippen LogP contribution in [0.5, 0.6) is 0 Å². The molecule has 0 rings (SSSR count). The van der Waals surface area contributed by atoms with Crippen LogP contribution in [-0.2, 0) is 67.6 Å². The van der Waals surface area contributed by atoms with E-state index >= 15 is 0 Å². The summed E-state index contributed by atoms with van der Waals surface area (Å²) >= 11 is 0. The van der Waals surface area contributed by atoms with E-state index in [2.05, 4.69) is 0 Å². The first kappa shape index (κ1) is 395. The Morgan fingerprint density at radius 1 is 0.300 bits per heavy atom. The van der Waals surface area contributed by atoms with Crippen LogP contribution in [0.2, 0.25) is 0 Å². The van der Waals surface area contributed by atoms with E-state index in [0.29, 0.717) is 0 Å². The van der Waals surface area contributed by atoms with E-state index in [4.69, 9.17) is 0 Å². The molecule has 0 atom stereocenters. The van der Waals surface area contributed by atoms with E-state index in [1.165, 1.54) is 0 Å². The Morgan fingerprint density at radius 2 is 0.300 bits per heavy atom. The van der Waals surface area contributed by atoms with Crippen molar-refractivity contribution in [3.8, 4) is 0 Å². The first-order valence-electron chi connectivity index (χ1n) is 0. The second kappa shape index (κ2) is 298. The summed E-state index contributed by atoms with van der Waals surface area (Å²) in [4.78, 5) is 0. The molecule has 0 aliphatic rings. The van der Waals surface area contributed by atoms with E-state index in [1.807, 2.05) is 0 Å². The fraction of sp³-hybridized carbons (Fsp3) is 0.